The van der Waals surface area contributed by atoms with E-state index in [0.29, 0.717) is 11.4 Å². The molecule has 7 nitrogen and oxygen atoms in total. The van der Waals surface area contributed by atoms with Crippen LogP contribution in [0.2, 0.25) is 10.0 Å². The van der Waals surface area contributed by atoms with Crippen LogP contribution >= 0.6 is 23.2 Å². The molecule has 1 aliphatic heterocycles. The number of hydrogen-bond acceptors (Lipinski definition) is 6. The zero-order chi connectivity index (χ0) is 22.8. The molecule has 1 unspecified atom stereocenters. The number of ether oxygens (including phenoxy) is 1. The minimum absolute atomic E-state index is 0.0122. The highest BCUT2D eigenvalue weighted by Gasteiger charge is 2.25. The minimum atomic E-state index is -0.748. The SMILES string of the molecule is Cc1ccc(CC2CONC(c3c(Oc4cccc(Cl)c4F)cnn(C)c3=O)=N2)c(Cl)c1. The summed E-state index contributed by atoms with van der Waals surface area (Å²) >= 11 is 12.2. The van der Waals surface area contributed by atoms with Crippen molar-refractivity contribution < 1.29 is 14.0 Å². The van der Waals surface area contributed by atoms with Gasteiger partial charge in [-0.05, 0) is 42.7 Å². The normalized spacial score (nSPS) is 15.8. The lowest BCUT2D eigenvalue weighted by molar-refractivity contribution is 0.0622. The highest BCUT2D eigenvalue weighted by Crippen LogP contribution is 2.30. The third-order valence-corrected chi connectivity index (χ3v) is 5.54. The number of nitrogens with zero attached hydrogens (tertiary/aromatic N) is 3. The first-order valence-electron chi connectivity index (χ1n) is 9.72. The number of rotatable bonds is 5. The lowest BCUT2D eigenvalue weighted by Crippen LogP contribution is -2.40. The molecule has 1 N–H and O–H groups in total. The highest BCUT2D eigenvalue weighted by molar-refractivity contribution is 6.31. The van der Waals surface area contributed by atoms with Gasteiger partial charge in [0.1, 0.15) is 5.56 Å². The number of hydrogen-bond donors (Lipinski definition) is 1. The lowest BCUT2D eigenvalue weighted by Gasteiger charge is -2.23. The van der Waals surface area contributed by atoms with Crippen LogP contribution in [0, 0.1) is 12.7 Å². The van der Waals surface area contributed by atoms with Crippen LogP contribution in [0.1, 0.15) is 16.7 Å². The number of halogens is 3. The second-order valence-electron chi connectivity index (χ2n) is 7.31. The summed E-state index contributed by atoms with van der Waals surface area (Å²) in [5.41, 5.74) is 4.20. The minimum Gasteiger partial charge on any atom is -0.452 e. The summed E-state index contributed by atoms with van der Waals surface area (Å²) in [6.45, 7) is 2.24. The van der Waals surface area contributed by atoms with E-state index in [1.165, 1.54) is 31.4 Å². The van der Waals surface area contributed by atoms with E-state index in [-0.39, 0.29) is 40.6 Å². The average molecular weight is 477 g/mol. The quantitative estimate of drug-likeness (QED) is 0.596. The van der Waals surface area contributed by atoms with E-state index in [4.69, 9.17) is 32.8 Å². The summed E-state index contributed by atoms with van der Waals surface area (Å²) < 4.78 is 21.2. The van der Waals surface area contributed by atoms with Crippen molar-refractivity contribution in [3.05, 3.63) is 85.5 Å². The average Bonchev–Trinajstić information content (AvgIpc) is 2.76. The van der Waals surface area contributed by atoms with Crippen LogP contribution in [0.15, 0.2) is 52.4 Å². The van der Waals surface area contributed by atoms with Crippen LogP contribution in [0.3, 0.4) is 0 Å². The Labute approximate surface area is 193 Å². The summed E-state index contributed by atoms with van der Waals surface area (Å²) in [6.07, 6.45) is 1.82. The van der Waals surface area contributed by atoms with Gasteiger partial charge >= 0.3 is 0 Å². The van der Waals surface area contributed by atoms with Gasteiger partial charge in [0.05, 0.1) is 23.9 Å². The number of amidine groups is 1. The van der Waals surface area contributed by atoms with E-state index in [2.05, 4.69) is 15.6 Å². The number of hydroxylamine groups is 1. The van der Waals surface area contributed by atoms with E-state index in [0.717, 1.165) is 15.8 Å². The molecule has 0 radical (unpaired) electrons. The molecule has 0 bridgehead atoms. The molecule has 1 aliphatic rings. The van der Waals surface area contributed by atoms with E-state index in [1.54, 1.807) is 0 Å². The van der Waals surface area contributed by atoms with E-state index < -0.39 is 11.4 Å². The molecule has 0 saturated heterocycles. The third kappa shape index (κ3) is 4.62. The third-order valence-electron chi connectivity index (χ3n) is 4.90. The zero-order valence-corrected chi connectivity index (χ0v) is 18.7. The van der Waals surface area contributed by atoms with Crippen LogP contribution in [-0.2, 0) is 18.3 Å². The van der Waals surface area contributed by atoms with Gasteiger partial charge in [-0.2, -0.15) is 5.10 Å². The fourth-order valence-electron chi connectivity index (χ4n) is 3.24. The second kappa shape index (κ2) is 9.28. The number of aromatic nitrogens is 2. The number of aliphatic imine (C=N–C) groups is 1. The molecule has 0 spiro atoms. The van der Waals surface area contributed by atoms with Crippen LogP contribution in [0.25, 0.3) is 0 Å². The molecule has 1 atom stereocenters. The molecule has 0 aliphatic carbocycles. The fraction of sp³-hybridized carbons (Fsp3) is 0.227. The van der Waals surface area contributed by atoms with E-state index in [1.807, 2.05) is 25.1 Å². The van der Waals surface area contributed by atoms with Crippen LogP contribution < -0.4 is 15.8 Å². The van der Waals surface area contributed by atoms with Gasteiger partial charge in [0.25, 0.3) is 5.56 Å². The van der Waals surface area contributed by atoms with Crippen molar-refractivity contribution in [3.63, 3.8) is 0 Å². The molecule has 2 aromatic carbocycles. The molecule has 2 heterocycles. The number of aryl methyl sites for hydroxylation is 2. The lowest BCUT2D eigenvalue weighted by atomic mass is 10.0. The van der Waals surface area contributed by atoms with Crippen LogP contribution in [0.4, 0.5) is 4.39 Å². The molecule has 1 aromatic heterocycles. The maximum absolute atomic E-state index is 14.4. The van der Waals surface area contributed by atoms with Gasteiger partial charge in [0.15, 0.2) is 23.2 Å². The molecule has 0 saturated carbocycles. The topological polar surface area (TPSA) is 77.7 Å². The summed E-state index contributed by atoms with van der Waals surface area (Å²) in [5, 5.41) is 4.51. The molecular formula is C22H19Cl2FN4O3. The van der Waals surface area contributed by atoms with Crippen LogP contribution in [0.5, 0.6) is 11.5 Å². The maximum Gasteiger partial charge on any atom is 0.281 e. The van der Waals surface area contributed by atoms with Gasteiger partial charge in [0, 0.05) is 12.1 Å². The van der Waals surface area contributed by atoms with Crippen molar-refractivity contribution in [1.82, 2.24) is 15.3 Å². The first-order chi connectivity index (χ1) is 15.3. The van der Waals surface area contributed by atoms with Crippen molar-refractivity contribution >= 4 is 29.0 Å². The molecule has 3 aromatic rings. The Hall–Kier alpha value is -2.94. The van der Waals surface area contributed by atoms with Crippen molar-refractivity contribution in [2.45, 2.75) is 19.4 Å². The molecule has 4 rings (SSSR count). The van der Waals surface area contributed by atoms with Crippen molar-refractivity contribution in [2.24, 2.45) is 12.0 Å². The molecule has 0 amide bonds. The van der Waals surface area contributed by atoms with Gasteiger partial charge in [-0.1, -0.05) is 41.4 Å². The van der Waals surface area contributed by atoms with Gasteiger partial charge in [-0.15, -0.1) is 0 Å². The molecule has 0 fully saturated rings. The van der Waals surface area contributed by atoms with Crippen LogP contribution in [-0.4, -0.2) is 28.3 Å². The zero-order valence-electron chi connectivity index (χ0n) is 17.2. The first-order valence-corrected chi connectivity index (χ1v) is 10.5. The Kier molecular flexibility index (Phi) is 6.45. The standard InChI is InChI=1S/C22H19Cl2FN4O3/c1-12-6-7-13(16(24)8-12)9-14-11-31-28-21(27-14)19-18(10-26-29(2)22(19)30)32-17-5-3-4-15(23)20(17)25/h3-8,10,14H,9,11H2,1-2H3,(H,27,28). The van der Waals surface area contributed by atoms with Gasteiger partial charge in [0.2, 0.25) is 0 Å². The van der Waals surface area contributed by atoms with Crippen molar-refractivity contribution in [2.75, 3.05) is 6.61 Å². The number of nitrogens with one attached hydrogen (secondary N) is 1. The largest absolute Gasteiger partial charge is 0.452 e. The first kappa shape index (κ1) is 22.3. The molecular weight excluding hydrogens is 458 g/mol. The monoisotopic (exact) mass is 476 g/mol. The Morgan fingerprint density at radius 2 is 2.06 bits per heavy atom. The summed E-state index contributed by atoms with van der Waals surface area (Å²) in [7, 11) is 1.49. The summed E-state index contributed by atoms with van der Waals surface area (Å²) in [5.74, 6) is -0.723. The molecule has 166 valence electrons. The summed E-state index contributed by atoms with van der Waals surface area (Å²) in [4.78, 5) is 23.0. The Morgan fingerprint density at radius 1 is 1.25 bits per heavy atom. The Balaban J connectivity index is 1.70. The predicted octanol–water partition coefficient (Wildman–Crippen LogP) is 4.22. The Morgan fingerprint density at radius 3 is 2.84 bits per heavy atom. The Bertz CT molecular complexity index is 1260. The fourth-order valence-corrected chi connectivity index (χ4v) is 3.72. The molecule has 10 heteroatoms. The number of benzene rings is 2. The smallest absolute Gasteiger partial charge is 0.281 e. The van der Waals surface area contributed by atoms with Crippen molar-refractivity contribution in [3.8, 4) is 11.5 Å². The van der Waals surface area contributed by atoms with E-state index >= 15 is 0 Å². The van der Waals surface area contributed by atoms with Gasteiger partial charge in [-0.3, -0.25) is 14.6 Å². The summed E-state index contributed by atoms with van der Waals surface area (Å²) in [6, 6.07) is 9.82. The van der Waals surface area contributed by atoms with Gasteiger partial charge < -0.3 is 4.74 Å². The molecule has 32 heavy (non-hydrogen) atoms. The van der Waals surface area contributed by atoms with E-state index in [9.17, 15) is 9.18 Å². The maximum atomic E-state index is 14.4. The second-order valence-corrected chi connectivity index (χ2v) is 8.12. The highest BCUT2D eigenvalue weighted by atomic mass is 35.5. The predicted molar refractivity (Wildman–Crippen MR) is 120 cm³/mol. The van der Waals surface area contributed by atoms with Gasteiger partial charge in [-0.25, -0.2) is 14.6 Å². The van der Waals surface area contributed by atoms with Crippen molar-refractivity contribution in [1.29, 1.82) is 0 Å².